The maximum Gasteiger partial charge on any atom is 0.261 e. The highest BCUT2D eigenvalue weighted by Gasteiger charge is 2.28. The van der Waals surface area contributed by atoms with Gasteiger partial charge in [-0.3, -0.25) is 14.2 Å². The Morgan fingerprint density at radius 2 is 1.88 bits per heavy atom. The van der Waals surface area contributed by atoms with Crippen molar-refractivity contribution in [3.05, 3.63) is 70.3 Å². The number of carbonyl (C=O) groups excluding carboxylic acids is 1. The highest BCUT2D eigenvalue weighted by molar-refractivity contribution is 5.95. The molecule has 170 valence electrons. The first kappa shape index (κ1) is 23.5. The molecule has 1 aromatic heterocycles. The van der Waals surface area contributed by atoms with Crippen LogP contribution in [0.3, 0.4) is 0 Å². The average Bonchev–Trinajstić information content (AvgIpc) is 2.83. The number of hydrogen-bond donors (Lipinski definition) is 0. The van der Waals surface area contributed by atoms with Gasteiger partial charge in [0.2, 0.25) is 0 Å². The molecule has 0 spiro atoms. The summed E-state index contributed by atoms with van der Waals surface area (Å²) in [4.78, 5) is 33.4. The van der Waals surface area contributed by atoms with Gasteiger partial charge in [0, 0.05) is 19.2 Å². The van der Waals surface area contributed by atoms with Crippen molar-refractivity contribution in [2.24, 2.45) is 7.05 Å². The van der Waals surface area contributed by atoms with Gasteiger partial charge in [-0.15, -0.1) is 0 Å². The monoisotopic (exact) mass is 435 g/mol. The van der Waals surface area contributed by atoms with Crippen LogP contribution in [0.25, 0.3) is 10.9 Å². The smallest absolute Gasteiger partial charge is 0.261 e. The van der Waals surface area contributed by atoms with Crippen molar-refractivity contribution < 1.29 is 9.53 Å². The van der Waals surface area contributed by atoms with Crippen molar-refractivity contribution >= 4 is 16.8 Å². The van der Waals surface area contributed by atoms with Gasteiger partial charge in [-0.2, -0.15) is 0 Å². The van der Waals surface area contributed by atoms with Crippen LogP contribution in [0.2, 0.25) is 0 Å². The van der Waals surface area contributed by atoms with Gasteiger partial charge in [0.15, 0.2) is 0 Å². The summed E-state index contributed by atoms with van der Waals surface area (Å²) >= 11 is 0. The molecule has 0 bridgehead atoms. The molecule has 2 aromatic carbocycles. The number of ether oxygens (including phenoxy) is 1. The van der Waals surface area contributed by atoms with Crippen molar-refractivity contribution in [3.8, 4) is 5.75 Å². The predicted octanol–water partition coefficient (Wildman–Crippen LogP) is 5.12. The number of rotatable bonds is 10. The third-order valence-electron chi connectivity index (χ3n) is 5.91. The van der Waals surface area contributed by atoms with Gasteiger partial charge < -0.3 is 9.64 Å². The molecule has 0 saturated heterocycles. The predicted molar refractivity (Wildman–Crippen MR) is 128 cm³/mol. The van der Waals surface area contributed by atoms with E-state index in [9.17, 15) is 9.59 Å². The molecule has 0 N–H and O–H groups in total. The van der Waals surface area contributed by atoms with Gasteiger partial charge in [-0.25, -0.2) is 4.98 Å². The molecule has 3 rings (SSSR count). The SMILES string of the molecule is CCCCCCN(C(=O)c1cccc(OC)c1)[C@@H](CC)c1nc2ccccc2c(=O)n1C. The van der Waals surface area contributed by atoms with Crippen LogP contribution in [-0.2, 0) is 7.05 Å². The zero-order valence-electron chi connectivity index (χ0n) is 19.5. The Bertz CT molecular complexity index is 1120. The van der Waals surface area contributed by atoms with Crippen molar-refractivity contribution in [1.29, 1.82) is 0 Å². The van der Waals surface area contributed by atoms with E-state index in [4.69, 9.17) is 9.72 Å². The quantitative estimate of drug-likeness (QED) is 0.415. The number of nitrogens with zero attached hydrogens (tertiary/aromatic N) is 3. The lowest BCUT2D eigenvalue weighted by molar-refractivity contribution is 0.0653. The molecule has 6 nitrogen and oxygen atoms in total. The zero-order chi connectivity index (χ0) is 23.1. The topological polar surface area (TPSA) is 64.4 Å². The summed E-state index contributed by atoms with van der Waals surface area (Å²) in [6.45, 7) is 4.81. The fourth-order valence-corrected chi connectivity index (χ4v) is 4.11. The van der Waals surface area contributed by atoms with E-state index in [0.717, 1.165) is 25.7 Å². The highest BCUT2D eigenvalue weighted by Crippen LogP contribution is 2.27. The van der Waals surface area contributed by atoms with Crippen molar-refractivity contribution in [2.45, 2.75) is 52.0 Å². The number of aromatic nitrogens is 2. The van der Waals surface area contributed by atoms with Gasteiger partial charge in [0.25, 0.3) is 11.5 Å². The van der Waals surface area contributed by atoms with Gasteiger partial charge in [0.05, 0.1) is 24.1 Å². The number of carbonyl (C=O) groups is 1. The fraction of sp³-hybridized carbons (Fsp3) is 0.423. The summed E-state index contributed by atoms with van der Waals surface area (Å²) in [5.41, 5.74) is 1.14. The van der Waals surface area contributed by atoms with Crippen LogP contribution in [-0.4, -0.2) is 34.0 Å². The molecule has 3 aromatic rings. The van der Waals surface area contributed by atoms with Crippen LogP contribution in [0.5, 0.6) is 5.75 Å². The molecule has 0 aliphatic rings. The minimum Gasteiger partial charge on any atom is -0.497 e. The van der Waals surface area contributed by atoms with Crippen LogP contribution < -0.4 is 10.3 Å². The Labute approximate surface area is 189 Å². The Morgan fingerprint density at radius 3 is 2.59 bits per heavy atom. The molecule has 0 radical (unpaired) electrons. The van der Waals surface area contributed by atoms with Crippen LogP contribution in [0.4, 0.5) is 0 Å². The molecular formula is C26H33N3O3. The average molecular weight is 436 g/mol. The minimum absolute atomic E-state index is 0.0744. The minimum atomic E-state index is -0.308. The number of methoxy groups -OCH3 is 1. The van der Waals surface area contributed by atoms with Crippen molar-refractivity contribution in [1.82, 2.24) is 14.5 Å². The van der Waals surface area contributed by atoms with Gasteiger partial charge >= 0.3 is 0 Å². The molecule has 1 amide bonds. The van der Waals surface area contributed by atoms with E-state index in [-0.39, 0.29) is 17.5 Å². The van der Waals surface area contributed by atoms with Crippen LogP contribution in [0.15, 0.2) is 53.3 Å². The maximum absolute atomic E-state index is 13.7. The fourth-order valence-electron chi connectivity index (χ4n) is 4.11. The zero-order valence-corrected chi connectivity index (χ0v) is 19.5. The lowest BCUT2D eigenvalue weighted by atomic mass is 10.1. The Morgan fingerprint density at radius 1 is 1.09 bits per heavy atom. The van der Waals surface area contributed by atoms with E-state index >= 15 is 0 Å². The third kappa shape index (κ3) is 5.01. The summed E-state index contributed by atoms with van der Waals surface area (Å²) in [5.74, 6) is 1.18. The molecule has 32 heavy (non-hydrogen) atoms. The van der Waals surface area contributed by atoms with Crippen LogP contribution >= 0.6 is 0 Å². The second-order valence-corrected chi connectivity index (χ2v) is 8.07. The second-order valence-electron chi connectivity index (χ2n) is 8.07. The Kier molecular flexibility index (Phi) is 8.03. The molecule has 0 unspecified atom stereocenters. The highest BCUT2D eigenvalue weighted by atomic mass is 16.5. The first-order chi connectivity index (χ1) is 15.5. The molecular weight excluding hydrogens is 402 g/mol. The van der Waals surface area contributed by atoms with Crippen LogP contribution in [0.1, 0.15) is 68.2 Å². The van der Waals surface area contributed by atoms with E-state index in [0.29, 0.717) is 41.0 Å². The standard InChI is InChI=1S/C26H33N3O3/c1-5-7-8-11-17-29(25(30)19-13-12-14-20(18-19)32-4)23(6-2)24-27-22-16-10-9-15-21(22)26(31)28(24)3/h9-10,12-16,18,23H,5-8,11,17H2,1-4H3/t23-/m0/s1. The van der Waals surface area contributed by atoms with Crippen molar-refractivity contribution in [2.75, 3.05) is 13.7 Å². The summed E-state index contributed by atoms with van der Waals surface area (Å²) < 4.78 is 6.92. The normalized spacial score (nSPS) is 12.0. The molecule has 0 aliphatic heterocycles. The van der Waals surface area contributed by atoms with Gasteiger partial charge in [-0.05, 0) is 43.2 Å². The number of hydrogen-bond acceptors (Lipinski definition) is 4. The Balaban J connectivity index is 2.05. The molecule has 0 saturated carbocycles. The number of amides is 1. The molecule has 6 heteroatoms. The number of para-hydroxylation sites is 1. The lowest BCUT2D eigenvalue weighted by Crippen LogP contribution is -2.39. The summed E-state index contributed by atoms with van der Waals surface area (Å²) in [7, 11) is 3.33. The third-order valence-corrected chi connectivity index (χ3v) is 5.91. The summed E-state index contributed by atoms with van der Waals surface area (Å²) in [6, 6.07) is 14.3. The number of unbranched alkanes of at least 4 members (excludes halogenated alkanes) is 3. The van der Waals surface area contributed by atoms with E-state index in [1.807, 2.05) is 48.2 Å². The Hall–Kier alpha value is -3.15. The first-order valence-electron chi connectivity index (χ1n) is 11.4. The lowest BCUT2D eigenvalue weighted by Gasteiger charge is -2.32. The largest absolute Gasteiger partial charge is 0.497 e. The van der Waals surface area contributed by atoms with Gasteiger partial charge in [-0.1, -0.05) is 51.3 Å². The molecule has 0 fully saturated rings. The summed E-state index contributed by atoms with van der Waals surface area (Å²) in [5, 5.41) is 0.585. The number of benzene rings is 2. The molecule has 1 heterocycles. The van der Waals surface area contributed by atoms with E-state index in [1.165, 1.54) is 0 Å². The van der Waals surface area contributed by atoms with Crippen molar-refractivity contribution in [3.63, 3.8) is 0 Å². The van der Waals surface area contributed by atoms with Crippen LogP contribution in [0, 0.1) is 0 Å². The molecule has 0 aliphatic carbocycles. The molecule has 1 atom stereocenters. The maximum atomic E-state index is 13.7. The number of fused-ring (bicyclic) bond motifs is 1. The van der Waals surface area contributed by atoms with E-state index in [1.54, 1.807) is 30.9 Å². The first-order valence-corrected chi connectivity index (χ1v) is 11.4. The van der Waals surface area contributed by atoms with E-state index in [2.05, 4.69) is 6.92 Å². The second kappa shape index (κ2) is 10.9. The summed E-state index contributed by atoms with van der Waals surface area (Å²) in [6.07, 6.45) is 4.87. The van der Waals surface area contributed by atoms with Gasteiger partial charge in [0.1, 0.15) is 11.6 Å². The van der Waals surface area contributed by atoms with E-state index < -0.39 is 0 Å².